The molecule has 4 nitrogen and oxygen atoms in total. The number of carbonyl (C=O) groups is 1. The lowest BCUT2D eigenvalue weighted by molar-refractivity contribution is 0.0698. The molecule has 0 aliphatic rings. The summed E-state index contributed by atoms with van der Waals surface area (Å²) in [6.45, 7) is 0. The number of halogens is 1. The molecule has 0 fully saturated rings. The van der Waals surface area contributed by atoms with Crippen molar-refractivity contribution in [3.8, 4) is 22.6 Å². The van der Waals surface area contributed by atoms with Gasteiger partial charge in [-0.25, -0.2) is 4.79 Å². The van der Waals surface area contributed by atoms with Gasteiger partial charge in [0.2, 0.25) is 0 Å². The lowest BCUT2D eigenvalue weighted by atomic mass is 9.99. The zero-order chi connectivity index (χ0) is 14.7. The maximum atomic E-state index is 11.4. The van der Waals surface area contributed by atoms with Crippen molar-refractivity contribution in [3.05, 3.63) is 47.0 Å². The van der Waals surface area contributed by atoms with Gasteiger partial charge in [-0.2, -0.15) is 0 Å². The van der Waals surface area contributed by atoms with E-state index in [4.69, 9.17) is 21.1 Å². The molecule has 1 N–H and O–H groups in total. The van der Waals surface area contributed by atoms with Crippen molar-refractivity contribution >= 4 is 17.6 Å². The molecule has 2 rings (SSSR count). The second kappa shape index (κ2) is 5.84. The van der Waals surface area contributed by atoms with Crippen LogP contribution >= 0.6 is 11.6 Å². The summed E-state index contributed by atoms with van der Waals surface area (Å²) in [5, 5.41) is 9.49. The average Bonchev–Trinajstić information content (AvgIpc) is 2.45. The molecule has 0 atom stereocenters. The van der Waals surface area contributed by atoms with E-state index in [1.807, 2.05) is 0 Å². The van der Waals surface area contributed by atoms with E-state index in [9.17, 15) is 9.90 Å². The highest BCUT2D eigenvalue weighted by atomic mass is 35.5. The van der Waals surface area contributed by atoms with E-state index in [0.717, 1.165) is 0 Å². The second-order valence-corrected chi connectivity index (χ2v) is 4.44. The van der Waals surface area contributed by atoms with Gasteiger partial charge < -0.3 is 14.6 Å². The number of benzene rings is 2. The van der Waals surface area contributed by atoms with Crippen LogP contribution in [0, 0.1) is 0 Å². The largest absolute Gasteiger partial charge is 0.493 e. The van der Waals surface area contributed by atoms with E-state index < -0.39 is 5.97 Å². The molecule has 0 aliphatic heterocycles. The number of hydrogen-bond acceptors (Lipinski definition) is 3. The highest BCUT2D eigenvalue weighted by Crippen LogP contribution is 2.35. The van der Waals surface area contributed by atoms with Crippen LogP contribution in [0.2, 0.25) is 5.02 Å². The summed E-state index contributed by atoms with van der Waals surface area (Å²) in [6.07, 6.45) is 0. The Morgan fingerprint density at radius 3 is 2.40 bits per heavy atom. The highest BCUT2D eigenvalue weighted by Gasteiger charge is 2.16. The molecule has 0 heterocycles. The van der Waals surface area contributed by atoms with Gasteiger partial charge in [-0.3, -0.25) is 0 Å². The van der Waals surface area contributed by atoms with Crippen molar-refractivity contribution in [3.63, 3.8) is 0 Å². The van der Waals surface area contributed by atoms with Crippen LogP contribution in [0.5, 0.6) is 11.5 Å². The minimum atomic E-state index is -1.07. The third-order valence-electron chi connectivity index (χ3n) is 2.92. The lowest BCUT2D eigenvalue weighted by Crippen LogP contribution is -2.01. The van der Waals surface area contributed by atoms with Crippen molar-refractivity contribution in [2.45, 2.75) is 0 Å². The topological polar surface area (TPSA) is 55.8 Å². The zero-order valence-electron chi connectivity index (χ0n) is 11.0. The Labute approximate surface area is 121 Å². The maximum Gasteiger partial charge on any atom is 0.337 e. The number of ether oxygens (including phenoxy) is 2. The number of aromatic carboxylic acids is 1. The van der Waals surface area contributed by atoms with E-state index in [1.165, 1.54) is 7.11 Å². The van der Waals surface area contributed by atoms with E-state index in [2.05, 4.69) is 0 Å². The minimum absolute atomic E-state index is 0.0707. The summed E-state index contributed by atoms with van der Waals surface area (Å²) in [4.78, 5) is 11.4. The molecule has 0 saturated heterocycles. The summed E-state index contributed by atoms with van der Waals surface area (Å²) in [6, 6.07) is 10.2. The van der Waals surface area contributed by atoms with Crippen molar-refractivity contribution in [2.24, 2.45) is 0 Å². The Morgan fingerprint density at radius 1 is 1.10 bits per heavy atom. The van der Waals surface area contributed by atoms with Crippen LogP contribution in [0.3, 0.4) is 0 Å². The molecule has 0 amide bonds. The number of carboxylic acid groups (broad SMARTS) is 1. The SMILES string of the molecule is COc1ccc(-c2cccc(Cl)c2C(=O)O)cc1OC. The third kappa shape index (κ3) is 2.56. The predicted octanol–water partition coefficient (Wildman–Crippen LogP) is 3.72. The fourth-order valence-electron chi connectivity index (χ4n) is 1.99. The van der Waals surface area contributed by atoms with Crippen molar-refractivity contribution < 1.29 is 19.4 Å². The predicted molar refractivity (Wildman–Crippen MR) is 77.0 cm³/mol. The first-order valence-electron chi connectivity index (χ1n) is 5.82. The van der Waals surface area contributed by atoms with Crippen molar-refractivity contribution in [2.75, 3.05) is 14.2 Å². The normalized spacial score (nSPS) is 10.2. The number of methoxy groups -OCH3 is 2. The summed E-state index contributed by atoms with van der Waals surface area (Å²) < 4.78 is 10.4. The number of hydrogen-bond donors (Lipinski definition) is 1. The molecule has 20 heavy (non-hydrogen) atoms. The van der Waals surface area contributed by atoms with Crippen LogP contribution in [0.15, 0.2) is 36.4 Å². The molecule has 5 heteroatoms. The van der Waals surface area contributed by atoms with Crippen LogP contribution in [0.4, 0.5) is 0 Å². The lowest BCUT2D eigenvalue weighted by Gasteiger charge is -2.12. The molecule has 2 aromatic carbocycles. The van der Waals surface area contributed by atoms with Gasteiger partial charge in [-0.05, 0) is 29.3 Å². The summed E-state index contributed by atoms with van der Waals surface area (Å²) in [5.41, 5.74) is 1.30. The van der Waals surface area contributed by atoms with E-state index >= 15 is 0 Å². The van der Waals surface area contributed by atoms with Gasteiger partial charge in [0.25, 0.3) is 0 Å². The Morgan fingerprint density at radius 2 is 1.80 bits per heavy atom. The Bertz CT molecular complexity index is 652. The van der Waals surface area contributed by atoms with Gasteiger partial charge in [0.05, 0.1) is 24.8 Å². The molecule has 0 saturated carbocycles. The molecule has 0 unspecified atom stereocenters. The fraction of sp³-hybridized carbons (Fsp3) is 0.133. The summed E-state index contributed by atoms with van der Waals surface area (Å²) in [7, 11) is 3.07. The molecule has 0 spiro atoms. The van der Waals surface area contributed by atoms with E-state index in [-0.39, 0.29) is 10.6 Å². The van der Waals surface area contributed by atoms with Gasteiger partial charge in [0.1, 0.15) is 0 Å². The molecule has 0 bridgehead atoms. The Balaban J connectivity index is 2.63. The molecule has 0 radical (unpaired) electrons. The fourth-order valence-corrected chi connectivity index (χ4v) is 2.24. The summed E-state index contributed by atoms with van der Waals surface area (Å²) in [5.74, 6) is 0.0388. The van der Waals surface area contributed by atoms with Crippen molar-refractivity contribution in [1.82, 2.24) is 0 Å². The van der Waals surface area contributed by atoms with E-state index in [1.54, 1.807) is 43.5 Å². The van der Waals surface area contributed by atoms with Gasteiger partial charge in [0.15, 0.2) is 11.5 Å². The second-order valence-electron chi connectivity index (χ2n) is 4.04. The van der Waals surface area contributed by atoms with Crippen LogP contribution < -0.4 is 9.47 Å². The molecular formula is C15H13ClO4. The zero-order valence-corrected chi connectivity index (χ0v) is 11.8. The first-order chi connectivity index (χ1) is 9.58. The van der Waals surface area contributed by atoms with Gasteiger partial charge in [-0.1, -0.05) is 29.8 Å². The molecule has 104 valence electrons. The van der Waals surface area contributed by atoms with Gasteiger partial charge in [-0.15, -0.1) is 0 Å². The molecule has 0 aliphatic carbocycles. The first-order valence-corrected chi connectivity index (χ1v) is 6.20. The average molecular weight is 293 g/mol. The maximum absolute atomic E-state index is 11.4. The molecule has 0 aromatic heterocycles. The van der Waals surface area contributed by atoms with Gasteiger partial charge >= 0.3 is 5.97 Å². The van der Waals surface area contributed by atoms with Crippen LogP contribution in [0.25, 0.3) is 11.1 Å². The monoisotopic (exact) mass is 292 g/mol. The molecular weight excluding hydrogens is 280 g/mol. The smallest absolute Gasteiger partial charge is 0.337 e. The third-order valence-corrected chi connectivity index (χ3v) is 3.24. The van der Waals surface area contributed by atoms with Gasteiger partial charge in [0, 0.05) is 0 Å². The van der Waals surface area contributed by atoms with E-state index in [0.29, 0.717) is 22.6 Å². The number of carboxylic acids is 1. The summed E-state index contributed by atoms with van der Waals surface area (Å²) >= 11 is 5.97. The van der Waals surface area contributed by atoms with Crippen molar-refractivity contribution in [1.29, 1.82) is 0 Å². The highest BCUT2D eigenvalue weighted by molar-refractivity contribution is 6.34. The molecule has 2 aromatic rings. The standard InChI is InChI=1S/C15H13ClO4/c1-19-12-7-6-9(8-13(12)20-2)10-4-3-5-11(16)14(10)15(17)18/h3-8H,1-2H3,(H,17,18). The van der Waals surface area contributed by atoms with Crippen LogP contribution in [-0.4, -0.2) is 25.3 Å². The Kier molecular flexibility index (Phi) is 4.15. The minimum Gasteiger partial charge on any atom is -0.493 e. The number of rotatable bonds is 4. The van der Waals surface area contributed by atoms with Crippen LogP contribution in [0.1, 0.15) is 10.4 Å². The quantitative estimate of drug-likeness (QED) is 0.933. The van der Waals surface area contributed by atoms with Crippen LogP contribution in [-0.2, 0) is 0 Å². The first kappa shape index (κ1) is 14.2. The Hall–Kier alpha value is -2.20.